The Morgan fingerprint density at radius 1 is 0.833 bits per heavy atom. The lowest BCUT2D eigenvalue weighted by atomic mass is 9.84. The van der Waals surface area contributed by atoms with E-state index in [1.807, 2.05) is 67.6 Å². The van der Waals surface area contributed by atoms with Gasteiger partial charge in [-0.25, -0.2) is 4.39 Å². The molecule has 2 N–H and O–H groups in total. The molecule has 0 aliphatic carbocycles. The molecule has 2 amide bonds. The van der Waals surface area contributed by atoms with Crippen molar-refractivity contribution in [2.45, 2.75) is 25.3 Å². The Morgan fingerprint density at radius 2 is 1.37 bits per heavy atom. The van der Waals surface area contributed by atoms with Crippen molar-refractivity contribution in [3.8, 4) is 0 Å². The number of carbonyl (C=O) groups is 2. The van der Waals surface area contributed by atoms with Crippen molar-refractivity contribution in [2.75, 3.05) is 6.54 Å². The normalized spacial score (nSPS) is 11.0. The van der Waals surface area contributed by atoms with Crippen LogP contribution < -0.4 is 10.6 Å². The lowest BCUT2D eigenvalue weighted by molar-refractivity contribution is -0.122. The number of benzene rings is 3. The molecule has 0 unspecified atom stereocenters. The molecule has 0 saturated carbocycles. The second-order valence-electron chi connectivity index (χ2n) is 7.27. The second kappa shape index (κ2) is 9.83. The number of hydrogen-bond donors (Lipinski definition) is 2. The average molecular weight is 404 g/mol. The van der Waals surface area contributed by atoms with Gasteiger partial charge in [0.1, 0.15) is 5.82 Å². The standard InChI is InChI=1S/C25H25FN2O2/c1-25(20-9-4-2-5-10-20,21-11-6-3-7-12-21)28-23(29)13-8-18-27-24(30)19-14-16-22(26)17-15-19/h2-7,9-12,14-17H,8,13,18H2,1H3,(H,27,30)(H,28,29). The van der Waals surface area contributed by atoms with E-state index in [0.29, 0.717) is 18.5 Å². The maximum Gasteiger partial charge on any atom is 0.251 e. The van der Waals surface area contributed by atoms with E-state index in [1.54, 1.807) is 0 Å². The smallest absolute Gasteiger partial charge is 0.251 e. The molecule has 3 aromatic rings. The molecule has 0 aromatic heterocycles. The molecule has 5 heteroatoms. The van der Waals surface area contributed by atoms with Gasteiger partial charge in [0.25, 0.3) is 5.91 Å². The minimum absolute atomic E-state index is 0.0961. The van der Waals surface area contributed by atoms with E-state index in [4.69, 9.17) is 0 Å². The van der Waals surface area contributed by atoms with Crippen molar-refractivity contribution >= 4 is 11.8 Å². The number of amides is 2. The van der Waals surface area contributed by atoms with Crippen LogP contribution >= 0.6 is 0 Å². The SMILES string of the molecule is CC(NC(=O)CCCNC(=O)c1ccc(F)cc1)(c1ccccc1)c1ccccc1. The van der Waals surface area contributed by atoms with Crippen LogP contribution in [0.3, 0.4) is 0 Å². The Morgan fingerprint density at radius 3 is 1.90 bits per heavy atom. The summed E-state index contributed by atoms with van der Waals surface area (Å²) < 4.78 is 12.9. The third-order valence-electron chi connectivity index (χ3n) is 5.06. The van der Waals surface area contributed by atoms with Gasteiger partial charge in [0.15, 0.2) is 0 Å². The van der Waals surface area contributed by atoms with Crippen molar-refractivity contribution in [3.63, 3.8) is 0 Å². The van der Waals surface area contributed by atoms with Gasteiger partial charge >= 0.3 is 0 Å². The molecule has 0 radical (unpaired) electrons. The molecule has 154 valence electrons. The highest BCUT2D eigenvalue weighted by atomic mass is 19.1. The van der Waals surface area contributed by atoms with E-state index in [1.165, 1.54) is 24.3 Å². The molecule has 0 aliphatic rings. The van der Waals surface area contributed by atoms with Gasteiger partial charge in [0.2, 0.25) is 5.91 Å². The molecule has 0 heterocycles. The first-order valence-corrected chi connectivity index (χ1v) is 9.95. The largest absolute Gasteiger partial charge is 0.352 e. The fourth-order valence-electron chi connectivity index (χ4n) is 3.35. The summed E-state index contributed by atoms with van der Waals surface area (Å²) in [5.74, 6) is -0.766. The molecular weight excluding hydrogens is 379 g/mol. The molecule has 0 aliphatic heterocycles. The highest BCUT2D eigenvalue weighted by Gasteiger charge is 2.30. The first-order valence-electron chi connectivity index (χ1n) is 9.95. The van der Waals surface area contributed by atoms with Crippen LogP contribution in [0.25, 0.3) is 0 Å². The van der Waals surface area contributed by atoms with Gasteiger partial charge in [-0.05, 0) is 48.7 Å². The van der Waals surface area contributed by atoms with E-state index in [2.05, 4.69) is 10.6 Å². The molecule has 4 nitrogen and oxygen atoms in total. The van der Waals surface area contributed by atoms with E-state index >= 15 is 0 Å². The highest BCUT2D eigenvalue weighted by Crippen LogP contribution is 2.29. The van der Waals surface area contributed by atoms with E-state index in [0.717, 1.165) is 11.1 Å². The number of nitrogens with one attached hydrogen (secondary N) is 2. The number of carbonyl (C=O) groups excluding carboxylic acids is 2. The summed E-state index contributed by atoms with van der Waals surface area (Å²) in [5, 5.41) is 5.92. The Bertz CT molecular complexity index is 934. The van der Waals surface area contributed by atoms with Crippen molar-refractivity contribution < 1.29 is 14.0 Å². The number of rotatable bonds is 8. The highest BCUT2D eigenvalue weighted by molar-refractivity contribution is 5.94. The Hall–Kier alpha value is -3.47. The Labute approximate surface area is 176 Å². The van der Waals surface area contributed by atoms with Crippen LogP contribution in [0.5, 0.6) is 0 Å². The topological polar surface area (TPSA) is 58.2 Å². The number of hydrogen-bond acceptors (Lipinski definition) is 2. The number of halogens is 1. The quantitative estimate of drug-likeness (QED) is 0.546. The van der Waals surface area contributed by atoms with Crippen LogP contribution in [0, 0.1) is 5.82 Å². The first-order chi connectivity index (χ1) is 14.5. The third-order valence-corrected chi connectivity index (χ3v) is 5.06. The molecule has 0 fully saturated rings. The minimum atomic E-state index is -0.656. The zero-order valence-corrected chi connectivity index (χ0v) is 16.9. The summed E-state index contributed by atoms with van der Waals surface area (Å²) in [6.07, 6.45) is 0.775. The van der Waals surface area contributed by atoms with Gasteiger partial charge < -0.3 is 10.6 Å². The summed E-state index contributed by atoms with van der Waals surface area (Å²) in [7, 11) is 0. The fraction of sp³-hybridized carbons (Fsp3) is 0.200. The molecule has 0 bridgehead atoms. The third kappa shape index (κ3) is 5.32. The van der Waals surface area contributed by atoms with Crippen LogP contribution in [0.1, 0.15) is 41.3 Å². The van der Waals surface area contributed by atoms with Crippen molar-refractivity contribution in [1.82, 2.24) is 10.6 Å². The van der Waals surface area contributed by atoms with Crippen molar-refractivity contribution in [3.05, 3.63) is 107 Å². The lowest BCUT2D eigenvalue weighted by Crippen LogP contribution is -2.44. The average Bonchev–Trinajstić information content (AvgIpc) is 2.78. The molecule has 0 saturated heterocycles. The fourth-order valence-corrected chi connectivity index (χ4v) is 3.35. The molecule has 3 aromatic carbocycles. The summed E-state index contributed by atoms with van der Waals surface area (Å²) in [6, 6.07) is 25.0. The van der Waals surface area contributed by atoms with E-state index < -0.39 is 5.54 Å². The van der Waals surface area contributed by atoms with Gasteiger partial charge in [0, 0.05) is 18.5 Å². The molecule has 0 atom stereocenters. The zero-order valence-electron chi connectivity index (χ0n) is 16.9. The summed E-state index contributed by atoms with van der Waals surface area (Å²) >= 11 is 0. The second-order valence-corrected chi connectivity index (χ2v) is 7.27. The predicted molar refractivity (Wildman–Crippen MR) is 115 cm³/mol. The van der Waals surface area contributed by atoms with Crippen LogP contribution in [0.15, 0.2) is 84.9 Å². The van der Waals surface area contributed by atoms with Crippen molar-refractivity contribution in [1.29, 1.82) is 0 Å². The molecular formula is C25H25FN2O2. The van der Waals surface area contributed by atoms with Gasteiger partial charge in [0.05, 0.1) is 5.54 Å². The lowest BCUT2D eigenvalue weighted by Gasteiger charge is -2.32. The monoisotopic (exact) mass is 404 g/mol. The summed E-state index contributed by atoms with van der Waals surface area (Å²) in [5.41, 5.74) is 1.72. The first kappa shape index (κ1) is 21.2. The van der Waals surface area contributed by atoms with Crippen molar-refractivity contribution in [2.24, 2.45) is 0 Å². The minimum Gasteiger partial charge on any atom is -0.352 e. The summed E-state index contributed by atoms with van der Waals surface area (Å²) in [6.45, 7) is 2.35. The Kier molecular flexibility index (Phi) is 6.96. The van der Waals surface area contributed by atoms with Crippen LogP contribution in [0.2, 0.25) is 0 Å². The van der Waals surface area contributed by atoms with Gasteiger partial charge in [-0.1, -0.05) is 60.7 Å². The maximum atomic E-state index is 12.9. The predicted octanol–water partition coefficient (Wildman–Crippen LogP) is 4.42. The maximum absolute atomic E-state index is 12.9. The van der Waals surface area contributed by atoms with Gasteiger partial charge in [-0.15, -0.1) is 0 Å². The molecule has 3 rings (SSSR count). The van der Waals surface area contributed by atoms with Gasteiger partial charge in [-0.2, -0.15) is 0 Å². The Balaban J connectivity index is 1.57. The van der Waals surface area contributed by atoms with Crippen LogP contribution in [0.4, 0.5) is 4.39 Å². The van der Waals surface area contributed by atoms with Gasteiger partial charge in [-0.3, -0.25) is 9.59 Å². The molecule has 0 spiro atoms. The van der Waals surface area contributed by atoms with Crippen LogP contribution in [-0.2, 0) is 10.3 Å². The van der Waals surface area contributed by atoms with E-state index in [9.17, 15) is 14.0 Å². The summed E-state index contributed by atoms with van der Waals surface area (Å²) in [4.78, 5) is 24.8. The zero-order chi connectivity index (χ0) is 21.4. The van der Waals surface area contributed by atoms with Crippen LogP contribution in [-0.4, -0.2) is 18.4 Å². The van der Waals surface area contributed by atoms with E-state index in [-0.39, 0.29) is 24.1 Å². The molecule has 30 heavy (non-hydrogen) atoms.